The molecule has 45 heavy (non-hydrogen) atoms. The van der Waals surface area contributed by atoms with E-state index in [1.165, 1.54) is 37.4 Å². The monoisotopic (exact) mass is 650 g/mol. The molecule has 0 aromatic heterocycles. The summed E-state index contributed by atoms with van der Waals surface area (Å²) in [5.41, 5.74) is -6.33. The third-order valence-electron chi connectivity index (χ3n) is 7.81. The molecule has 1 fully saturated rings. The number of ether oxygens (including phenoxy) is 1. The number of methoxy groups -OCH3 is 1. The van der Waals surface area contributed by atoms with Crippen molar-refractivity contribution in [3.05, 3.63) is 89.5 Å². The van der Waals surface area contributed by atoms with Gasteiger partial charge in [0.15, 0.2) is 0 Å². The fourth-order valence-electron chi connectivity index (χ4n) is 5.69. The molecule has 0 heterocycles. The van der Waals surface area contributed by atoms with Gasteiger partial charge >= 0.3 is 11.5 Å². The van der Waals surface area contributed by atoms with Gasteiger partial charge < -0.3 is 20.5 Å². The van der Waals surface area contributed by atoms with Gasteiger partial charge in [0, 0.05) is 23.4 Å². The van der Waals surface area contributed by atoms with E-state index in [0.29, 0.717) is 18.6 Å². The predicted octanol–water partition coefficient (Wildman–Crippen LogP) is 5.19. The Bertz CT molecular complexity index is 1860. The number of nitrogens with one attached hydrogen (secondary N) is 2. The highest BCUT2D eigenvalue weighted by atomic mass is 32.2. The largest absolute Gasteiger partial charge is 0.502 e. The van der Waals surface area contributed by atoms with Crippen LogP contribution in [0.4, 0.5) is 27.6 Å². The molecule has 2 bridgehead atoms. The summed E-state index contributed by atoms with van der Waals surface area (Å²) in [5.74, 6) is -7.05. The van der Waals surface area contributed by atoms with E-state index in [-0.39, 0.29) is 33.9 Å². The smallest absolute Gasteiger partial charge is 0.496 e. The van der Waals surface area contributed by atoms with Crippen molar-refractivity contribution in [3.63, 3.8) is 0 Å². The van der Waals surface area contributed by atoms with Gasteiger partial charge in [-0.15, -0.1) is 0 Å². The van der Waals surface area contributed by atoms with Crippen LogP contribution < -0.4 is 15.4 Å². The summed E-state index contributed by atoms with van der Waals surface area (Å²) in [6.07, 6.45) is 3.97. The van der Waals surface area contributed by atoms with Crippen molar-refractivity contribution in [3.8, 4) is 16.9 Å². The second-order valence-electron chi connectivity index (χ2n) is 10.5. The van der Waals surface area contributed by atoms with Crippen molar-refractivity contribution in [2.24, 2.45) is 17.8 Å². The van der Waals surface area contributed by atoms with Crippen LogP contribution in [0.1, 0.15) is 27.1 Å². The van der Waals surface area contributed by atoms with Crippen molar-refractivity contribution in [1.82, 2.24) is 5.32 Å². The van der Waals surface area contributed by atoms with Crippen LogP contribution in [0.5, 0.6) is 5.75 Å². The van der Waals surface area contributed by atoms with Gasteiger partial charge in [0.2, 0.25) is 5.91 Å². The zero-order valence-electron chi connectivity index (χ0n) is 23.1. The summed E-state index contributed by atoms with van der Waals surface area (Å²) < 4.78 is 97.2. The molecule has 2 aliphatic rings. The predicted molar refractivity (Wildman–Crippen MR) is 149 cm³/mol. The molecule has 0 aliphatic heterocycles. The van der Waals surface area contributed by atoms with E-state index in [2.05, 4.69) is 10.6 Å². The van der Waals surface area contributed by atoms with Gasteiger partial charge in [-0.2, -0.15) is 13.2 Å². The summed E-state index contributed by atoms with van der Waals surface area (Å²) in [5, 5.41) is 14.4. The number of benzene rings is 3. The number of carboxylic acid groups (broad SMARTS) is 1. The molecule has 3 aromatic carbocycles. The number of carboxylic acids is 1. The Kier molecular flexibility index (Phi) is 8.16. The maximum absolute atomic E-state index is 15.0. The lowest BCUT2D eigenvalue weighted by Gasteiger charge is -2.28. The SMILES string of the molecule is COc1cc(F)c(-c2cccc(C(=O)O)c2)cc1C(=O)NC1C2C=CC(C2)C1C(=O)Nc1ccc(F)c(S(=O)(=O)C(F)(F)F)c1. The third-order valence-corrected chi connectivity index (χ3v) is 9.31. The van der Waals surface area contributed by atoms with Crippen LogP contribution in [-0.4, -0.2) is 50.0 Å². The molecule has 0 spiro atoms. The number of carbonyl (C=O) groups excluding carboxylic acids is 2. The first-order chi connectivity index (χ1) is 21.1. The highest BCUT2D eigenvalue weighted by Gasteiger charge is 2.50. The fraction of sp³-hybridized carbons (Fsp3) is 0.233. The molecular weight excluding hydrogens is 627 g/mol. The lowest BCUT2D eigenvalue weighted by Crippen LogP contribution is -2.47. The molecular formula is C30H23F5N2O7S. The summed E-state index contributed by atoms with van der Waals surface area (Å²) in [4.78, 5) is 36.7. The Morgan fingerprint density at radius 1 is 0.956 bits per heavy atom. The Labute approximate surface area is 252 Å². The second kappa shape index (κ2) is 11.6. The Hall–Kier alpha value is -4.79. The second-order valence-corrected chi connectivity index (χ2v) is 12.4. The highest BCUT2D eigenvalue weighted by molar-refractivity contribution is 7.92. The molecule has 4 unspecified atom stereocenters. The van der Waals surface area contributed by atoms with Crippen LogP contribution in [-0.2, 0) is 14.6 Å². The van der Waals surface area contributed by atoms with Crippen molar-refractivity contribution < 1.29 is 54.6 Å². The van der Waals surface area contributed by atoms with Crippen molar-refractivity contribution in [1.29, 1.82) is 0 Å². The number of alkyl halides is 3. The summed E-state index contributed by atoms with van der Waals surface area (Å²) in [6, 6.07) is 8.48. The summed E-state index contributed by atoms with van der Waals surface area (Å²) >= 11 is 0. The average Bonchev–Trinajstić information content (AvgIpc) is 3.59. The molecule has 5 rings (SSSR count). The van der Waals surface area contributed by atoms with Gasteiger partial charge in [-0.05, 0) is 60.2 Å². The number of allylic oxidation sites excluding steroid dienone is 1. The minimum Gasteiger partial charge on any atom is -0.496 e. The minimum absolute atomic E-state index is 0.0906. The quantitative estimate of drug-likeness (QED) is 0.225. The lowest BCUT2D eigenvalue weighted by molar-refractivity contribution is -0.121. The summed E-state index contributed by atoms with van der Waals surface area (Å²) in [6.45, 7) is 0. The van der Waals surface area contributed by atoms with Gasteiger partial charge in [-0.1, -0.05) is 24.3 Å². The van der Waals surface area contributed by atoms with Crippen LogP contribution in [0.2, 0.25) is 0 Å². The maximum atomic E-state index is 15.0. The molecule has 1 saturated carbocycles. The standard InChI is InChI=1S/C30H23F5N2O7S/c1-44-23-13-22(32)19(14-3-2-4-17(9-14)29(40)41)12-20(23)27(38)37-26-16-6-5-15(10-16)25(26)28(39)36-18-7-8-21(31)24(11-18)45(42,43)30(33,34)35/h2-9,11-13,15-16,25-26H,10H2,1H3,(H,36,39)(H,37,38)(H,40,41). The van der Waals surface area contributed by atoms with Gasteiger partial charge in [0.25, 0.3) is 15.7 Å². The van der Waals surface area contributed by atoms with E-state index in [1.54, 1.807) is 12.2 Å². The first-order valence-electron chi connectivity index (χ1n) is 13.2. The molecule has 9 nitrogen and oxygen atoms in total. The number of hydrogen-bond donors (Lipinski definition) is 3. The minimum atomic E-state index is -6.05. The molecule has 3 aromatic rings. The van der Waals surface area contributed by atoms with E-state index in [9.17, 15) is 45.5 Å². The maximum Gasteiger partial charge on any atom is 0.502 e. The Morgan fingerprint density at radius 2 is 1.67 bits per heavy atom. The van der Waals surface area contributed by atoms with E-state index < -0.39 is 73.2 Å². The molecule has 0 saturated heterocycles. The van der Waals surface area contributed by atoms with Crippen LogP contribution in [0.3, 0.4) is 0 Å². The number of rotatable bonds is 8. The van der Waals surface area contributed by atoms with Crippen molar-refractivity contribution in [2.45, 2.75) is 22.9 Å². The molecule has 3 N–H and O–H groups in total. The van der Waals surface area contributed by atoms with Gasteiger partial charge in [-0.25, -0.2) is 22.0 Å². The van der Waals surface area contributed by atoms with E-state index in [0.717, 1.165) is 12.1 Å². The van der Waals surface area contributed by atoms with Crippen molar-refractivity contribution in [2.75, 3.05) is 12.4 Å². The van der Waals surface area contributed by atoms with Crippen molar-refractivity contribution >= 4 is 33.3 Å². The van der Waals surface area contributed by atoms with Crippen LogP contribution in [0.15, 0.2) is 71.6 Å². The Balaban J connectivity index is 1.42. The number of fused-ring (bicyclic) bond motifs is 2. The molecule has 4 atom stereocenters. The lowest BCUT2D eigenvalue weighted by atomic mass is 9.87. The van der Waals surface area contributed by atoms with E-state index in [1.807, 2.05) is 0 Å². The normalized spacial score (nSPS) is 20.6. The third kappa shape index (κ3) is 5.87. The molecule has 236 valence electrons. The summed E-state index contributed by atoms with van der Waals surface area (Å²) in [7, 11) is -4.84. The Morgan fingerprint density at radius 3 is 2.33 bits per heavy atom. The molecule has 2 amide bonds. The molecule has 15 heteroatoms. The number of carbonyl (C=O) groups is 3. The number of sulfone groups is 1. The number of aromatic carboxylic acids is 1. The van der Waals surface area contributed by atoms with E-state index >= 15 is 4.39 Å². The first kappa shape index (κ1) is 31.6. The number of hydrogen-bond acceptors (Lipinski definition) is 6. The van der Waals surface area contributed by atoms with E-state index in [4.69, 9.17) is 4.74 Å². The fourth-order valence-corrected chi connectivity index (χ4v) is 6.54. The van der Waals surface area contributed by atoms with Gasteiger partial charge in [-0.3, -0.25) is 9.59 Å². The average molecular weight is 651 g/mol. The number of halogens is 5. The van der Waals surface area contributed by atoms with Crippen LogP contribution in [0, 0.1) is 29.4 Å². The zero-order valence-corrected chi connectivity index (χ0v) is 23.9. The van der Waals surface area contributed by atoms with Crippen LogP contribution in [0.25, 0.3) is 11.1 Å². The highest BCUT2D eigenvalue weighted by Crippen LogP contribution is 2.45. The zero-order chi connectivity index (χ0) is 32.8. The number of amides is 2. The topological polar surface area (TPSA) is 139 Å². The number of anilines is 1. The molecule has 2 aliphatic carbocycles. The van der Waals surface area contributed by atoms with Gasteiger partial charge in [0.05, 0.1) is 24.2 Å². The first-order valence-corrected chi connectivity index (χ1v) is 14.7. The van der Waals surface area contributed by atoms with Gasteiger partial charge in [0.1, 0.15) is 22.3 Å². The van der Waals surface area contributed by atoms with Crippen LogP contribution >= 0.6 is 0 Å². The molecule has 0 radical (unpaired) electrons.